The highest BCUT2D eigenvalue weighted by atomic mass is 79.9. The first-order valence-electron chi connectivity index (χ1n) is 4.86. The van der Waals surface area contributed by atoms with Gasteiger partial charge in [-0.2, -0.15) is 5.10 Å². The summed E-state index contributed by atoms with van der Waals surface area (Å²) in [5, 5.41) is 13.5. The SMILES string of the molecule is CC(C)c1c(Br)c(CO)nn1C(C)C. The average Bonchev–Trinajstić information content (AvgIpc) is 2.42. The molecule has 0 unspecified atom stereocenters. The quantitative estimate of drug-likeness (QED) is 0.908. The fourth-order valence-corrected chi connectivity index (χ4v) is 2.33. The summed E-state index contributed by atoms with van der Waals surface area (Å²) >= 11 is 3.49. The van der Waals surface area contributed by atoms with Crippen LogP contribution in [0.2, 0.25) is 0 Å². The molecule has 0 aromatic carbocycles. The van der Waals surface area contributed by atoms with Gasteiger partial charge in [0.15, 0.2) is 0 Å². The van der Waals surface area contributed by atoms with E-state index in [-0.39, 0.29) is 6.61 Å². The Balaban J connectivity index is 3.27. The number of aliphatic hydroxyl groups is 1. The molecule has 1 heterocycles. The second kappa shape index (κ2) is 4.45. The molecule has 0 fully saturated rings. The van der Waals surface area contributed by atoms with Crippen molar-refractivity contribution in [2.24, 2.45) is 0 Å². The summed E-state index contributed by atoms with van der Waals surface area (Å²) in [5.41, 5.74) is 1.88. The van der Waals surface area contributed by atoms with E-state index in [0.29, 0.717) is 12.0 Å². The third kappa shape index (κ3) is 2.01. The van der Waals surface area contributed by atoms with Gasteiger partial charge in [0, 0.05) is 6.04 Å². The lowest BCUT2D eigenvalue weighted by Gasteiger charge is -2.13. The molecule has 3 nitrogen and oxygen atoms in total. The van der Waals surface area contributed by atoms with Gasteiger partial charge in [0.25, 0.3) is 0 Å². The lowest BCUT2D eigenvalue weighted by molar-refractivity contribution is 0.274. The highest BCUT2D eigenvalue weighted by Gasteiger charge is 2.18. The number of aromatic nitrogens is 2. The maximum absolute atomic E-state index is 9.11. The topological polar surface area (TPSA) is 38.1 Å². The maximum Gasteiger partial charge on any atom is 0.102 e. The number of nitrogens with zero attached hydrogens (tertiary/aromatic N) is 2. The molecule has 1 aromatic rings. The Morgan fingerprint density at radius 1 is 1.36 bits per heavy atom. The molecule has 0 saturated heterocycles. The summed E-state index contributed by atoms with van der Waals surface area (Å²) in [7, 11) is 0. The molecular weight excluding hydrogens is 244 g/mol. The molecule has 0 saturated carbocycles. The van der Waals surface area contributed by atoms with Crippen molar-refractivity contribution in [3.63, 3.8) is 0 Å². The Hall–Kier alpha value is -0.350. The molecule has 0 radical (unpaired) electrons. The summed E-state index contributed by atoms with van der Waals surface area (Å²) in [4.78, 5) is 0. The molecule has 0 aliphatic carbocycles. The predicted octanol–water partition coefficient (Wildman–Crippen LogP) is 2.84. The van der Waals surface area contributed by atoms with E-state index in [1.807, 2.05) is 4.68 Å². The van der Waals surface area contributed by atoms with Crippen LogP contribution >= 0.6 is 15.9 Å². The van der Waals surface area contributed by atoms with Crippen molar-refractivity contribution in [1.82, 2.24) is 9.78 Å². The van der Waals surface area contributed by atoms with Crippen LogP contribution in [-0.4, -0.2) is 14.9 Å². The van der Waals surface area contributed by atoms with Gasteiger partial charge in [0.1, 0.15) is 5.69 Å². The second-order valence-electron chi connectivity index (χ2n) is 4.00. The fourth-order valence-electron chi connectivity index (χ4n) is 1.49. The molecule has 80 valence electrons. The zero-order chi connectivity index (χ0) is 10.9. The van der Waals surface area contributed by atoms with Crippen LogP contribution in [0.5, 0.6) is 0 Å². The molecule has 0 aliphatic rings. The third-order valence-electron chi connectivity index (χ3n) is 2.14. The van der Waals surface area contributed by atoms with E-state index in [1.165, 1.54) is 0 Å². The zero-order valence-electron chi connectivity index (χ0n) is 9.08. The van der Waals surface area contributed by atoms with Crippen molar-refractivity contribution >= 4 is 15.9 Å². The van der Waals surface area contributed by atoms with Crippen LogP contribution < -0.4 is 0 Å². The molecule has 0 amide bonds. The van der Waals surface area contributed by atoms with Crippen LogP contribution in [0.15, 0.2) is 4.47 Å². The minimum absolute atomic E-state index is 0.0139. The summed E-state index contributed by atoms with van der Waals surface area (Å²) < 4.78 is 2.92. The molecule has 0 spiro atoms. The average molecular weight is 261 g/mol. The summed E-state index contributed by atoms with van der Waals surface area (Å²) in [6.07, 6.45) is 0. The van der Waals surface area contributed by atoms with E-state index >= 15 is 0 Å². The summed E-state index contributed by atoms with van der Waals surface area (Å²) in [6.45, 7) is 8.42. The molecular formula is C10H17BrN2O. The van der Waals surface area contributed by atoms with Crippen molar-refractivity contribution in [1.29, 1.82) is 0 Å². The fraction of sp³-hybridized carbons (Fsp3) is 0.700. The predicted molar refractivity (Wildman–Crippen MR) is 60.3 cm³/mol. The Morgan fingerprint density at radius 3 is 2.21 bits per heavy atom. The van der Waals surface area contributed by atoms with Crippen LogP contribution in [0.3, 0.4) is 0 Å². The van der Waals surface area contributed by atoms with Crippen molar-refractivity contribution < 1.29 is 5.11 Å². The van der Waals surface area contributed by atoms with Crippen molar-refractivity contribution in [2.75, 3.05) is 0 Å². The number of halogens is 1. The zero-order valence-corrected chi connectivity index (χ0v) is 10.7. The minimum Gasteiger partial charge on any atom is -0.390 e. The monoisotopic (exact) mass is 260 g/mol. The van der Waals surface area contributed by atoms with E-state index in [1.54, 1.807) is 0 Å². The first kappa shape index (κ1) is 11.7. The number of hydrogen-bond acceptors (Lipinski definition) is 2. The van der Waals surface area contributed by atoms with E-state index in [4.69, 9.17) is 5.11 Å². The lowest BCUT2D eigenvalue weighted by atomic mass is 10.1. The maximum atomic E-state index is 9.11. The molecule has 1 aromatic heterocycles. The summed E-state index contributed by atoms with van der Waals surface area (Å²) in [6, 6.07) is 0.323. The standard InChI is InChI=1S/C10H17BrN2O/c1-6(2)10-9(11)8(5-14)12-13(10)7(3)4/h6-7,14H,5H2,1-4H3. The number of hydrogen-bond donors (Lipinski definition) is 1. The van der Waals surface area contributed by atoms with Gasteiger partial charge in [-0.25, -0.2) is 0 Å². The largest absolute Gasteiger partial charge is 0.390 e. The van der Waals surface area contributed by atoms with Crippen LogP contribution in [-0.2, 0) is 6.61 Å². The van der Waals surface area contributed by atoms with E-state index in [0.717, 1.165) is 15.9 Å². The minimum atomic E-state index is -0.0139. The Kier molecular flexibility index (Phi) is 3.72. The highest BCUT2D eigenvalue weighted by molar-refractivity contribution is 9.10. The van der Waals surface area contributed by atoms with E-state index in [2.05, 4.69) is 48.7 Å². The Bertz CT molecular complexity index is 318. The third-order valence-corrected chi connectivity index (χ3v) is 3.00. The highest BCUT2D eigenvalue weighted by Crippen LogP contribution is 2.30. The van der Waals surface area contributed by atoms with Gasteiger partial charge in [-0.05, 0) is 35.7 Å². The van der Waals surface area contributed by atoms with Crippen molar-refractivity contribution in [2.45, 2.75) is 46.3 Å². The van der Waals surface area contributed by atoms with Gasteiger partial charge >= 0.3 is 0 Å². The molecule has 1 rings (SSSR count). The molecule has 1 N–H and O–H groups in total. The van der Waals surface area contributed by atoms with Crippen molar-refractivity contribution in [3.8, 4) is 0 Å². The van der Waals surface area contributed by atoms with Gasteiger partial charge < -0.3 is 5.11 Å². The van der Waals surface area contributed by atoms with Gasteiger partial charge in [-0.15, -0.1) is 0 Å². The lowest BCUT2D eigenvalue weighted by Crippen LogP contribution is -2.09. The van der Waals surface area contributed by atoms with E-state index in [9.17, 15) is 0 Å². The number of rotatable bonds is 3. The Morgan fingerprint density at radius 2 is 1.93 bits per heavy atom. The van der Waals surface area contributed by atoms with Crippen LogP contribution in [0.1, 0.15) is 51.0 Å². The van der Waals surface area contributed by atoms with Crippen LogP contribution in [0.4, 0.5) is 0 Å². The Labute approximate surface area is 93.3 Å². The first-order chi connectivity index (χ1) is 6.49. The molecule has 14 heavy (non-hydrogen) atoms. The van der Waals surface area contributed by atoms with Crippen LogP contribution in [0.25, 0.3) is 0 Å². The number of aliphatic hydroxyl groups excluding tert-OH is 1. The normalized spacial score (nSPS) is 11.7. The van der Waals surface area contributed by atoms with E-state index < -0.39 is 0 Å². The second-order valence-corrected chi connectivity index (χ2v) is 4.79. The van der Waals surface area contributed by atoms with Gasteiger partial charge in [0.2, 0.25) is 0 Å². The molecule has 4 heteroatoms. The van der Waals surface area contributed by atoms with Gasteiger partial charge in [-0.3, -0.25) is 4.68 Å². The van der Waals surface area contributed by atoms with Crippen LogP contribution in [0, 0.1) is 0 Å². The van der Waals surface area contributed by atoms with Crippen molar-refractivity contribution in [3.05, 3.63) is 15.9 Å². The molecule has 0 aliphatic heterocycles. The van der Waals surface area contributed by atoms with Gasteiger partial charge in [0.05, 0.1) is 16.8 Å². The summed E-state index contributed by atoms with van der Waals surface area (Å²) in [5.74, 6) is 0.402. The first-order valence-corrected chi connectivity index (χ1v) is 5.66. The molecule has 0 atom stereocenters. The van der Waals surface area contributed by atoms with Gasteiger partial charge in [-0.1, -0.05) is 13.8 Å². The molecule has 0 bridgehead atoms. The smallest absolute Gasteiger partial charge is 0.102 e.